The van der Waals surface area contributed by atoms with Crippen LogP contribution in [0.15, 0.2) is 18.2 Å². The van der Waals surface area contributed by atoms with Gasteiger partial charge in [0.05, 0.1) is 0 Å². The zero-order chi connectivity index (χ0) is 13.1. The molecule has 1 aromatic carbocycles. The Morgan fingerprint density at radius 2 is 2.22 bits per heavy atom. The summed E-state index contributed by atoms with van der Waals surface area (Å²) in [5.41, 5.74) is 0.404. The Balaban J connectivity index is 1.91. The topological polar surface area (TPSA) is 15.3 Å². The highest BCUT2D eigenvalue weighted by Crippen LogP contribution is 2.19. The van der Waals surface area contributed by atoms with E-state index >= 15 is 0 Å². The van der Waals surface area contributed by atoms with Gasteiger partial charge in [0.25, 0.3) is 0 Å². The summed E-state index contributed by atoms with van der Waals surface area (Å²) in [6.45, 7) is 4.92. The van der Waals surface area contributed by atoms with Crippen LogP contribution in [0.1, 0.15) is 24.9 Å². The molecule has 0 spiro atoms. The first-order valence-electron chi connectivity index (χ1n) is 6.43. The van der Waals surface area contributed by atoms with Crippen LogP contribution in [-0.2, 0) is 0 Å². The molecule has 1 N–H and O–H groups in total. The lowest BCUT2D eigenvalue weighted by molar-refractivity contribution is 0.380. The Morgan fingerprint density at radius 1 is 1.44 bits per heavy atom. The summed E-state index contributed by atoms with van der Waals surface area (Å²) < 4.78 is 26.7. The third kappa shape index (κ3) is 3.27. The van der Waals surface area contributed by atoms with Crippen molar-refractivity contribution in [2.45, 2.75) is 19.4 Å². The Labute approximate surface area is 107 Å². The van der Waals surface area contributed by atoms with E-state index in [0.717, 1.165) is 25.7 Å². The average molecular weight is 254 g/mol. The molecule has 2 atom stereocenters. The molecule has 1 saturated heterocycles. The monoisotopic (exact) mass is 254 g/mol. The largest absolute Gasteiger partial charge is 0.310 e. The van der Waals surface area contributed by atoms with E-state index in [1.54, 1.807) is 0 Å². The smallest absolute Gasteiger partial charge is 0.128 e. The van der Waals surface area contributed by atoms with Crippen LogP contribution in [-0.4, -0.2) is 31.6 Å². The van der Waals surface area contributed by atoms with E-state index in [9.17, 15) is 8.78 Å². The fourth-order valence-electron chi connectivity index (χ4n) is 2.49. The normalized spacial score (nSPS) is 22.3. The van der Waals surface area contributed by atoms with E-state index in [2.05, 4.69) is 17.3 Å². The van der Waals surface area contributed by atoms with Crippen LogP contribution in [0.4, 0.5) is 8.78 Å². The lowest BCUT2D eigenvalue weighted by Gasteiger charge is -2.18. The quantitative estimate of drug-likeness (QED) is 0.888. The van der Waals surface area contributed by atoms with Gasteiger partial charge in [0.15, 0.2) is 0 Å². The zero-order valence-corrected chi connectivity index (χ0v) is 10.9. The second-order valence-corrected chi connectivity index (χ2v) is 5.21. The number of hydrogen-bond donors (Lipinski definition) is 1. The Kier molecular flexibility index (Phi) is 4.30. The van der Waals surface area contributed by atoms with Crippen molar-refractivity contribution in [3.05, 3.63) is 35.4 Å². The van der Waals surface area contributed by atoms with Crippen LogP contribution >= 0.6 is 0 Å². The van der Waals surface area contributed by atoms with Gasteiger partial charge in [0, 0.05) is 18.2 Å². The third-order valence-corrected chi connectivity index (χ3v) is 3.63. The molecule has 1 aliphatic heterocycles. The maximum absolute atomic E-state index is 13.6. The van der Waals surface area contributed by atoms with Crippen molar-refractivity contribution < 1.29 is 8.78 Å². The number of likely N-dealkylation sites (tertiary alicyclic amines) is 1. The first kappa shape index (κ1) is 13.4. The molecular formula is C14H20F2N2. The van der Waals surface area contributed by atoms with Gasteiger partial charge in [-0.15, -0.1) is 0 Å². The second-order valence-electron chi connectivity index (χ2n) is 5.21. The van der Waals surface area contributed by atoms with Gasteiger partial charge in [-0.1, -0.05) is 0 Å². The lowest BCUT2D eigenvalue weighted by atomic mass is 10.1. The standard InChI is InChI=1S/C14H20F2N2/c1-10(13-7-12(15)3-4-14(13)16)17-8-11-5-6-18(2)9-11/h3-4,7,10-11,17H,5-6,8-9H2,1-2H3. The van der Waals surface area contributed by atoms with Crippen molar-refractivity contribution in [3.8, 4) is 0 Å². The Hall–Kier alpha value is -1.00. The highest BCUT2D eigenvalue weighted by Gasteiger charge is 2.20. The van der Waals surface area contributed by atoms with E-state index in [0.29, 0.717) is 11.5 Å². The molecule has 18 heavy (non-hydrogen) atoms. The van der Waals surface area contributed by atoms with Crippen LogP contribution in [0.3, 0.4) is 0 Å². The molecule has 2 rings (SSSR count). The summed E-state index contributed by atoms with van der Waals surface area (Å²) in [6.07, 6.45) is 1.17. The minimum absolute atomic E-state index is 0.161. The molecule has 1 heterocycles. The average Bonchev–Trinajstić information content (AvgIpc) is 2.75. The van der Waals surface area contributed by atoms with Gasteiger partial charge in [-0.2, -0.15) is 0 Å². The van der Waals surface area contributed by atoms with Crippen LogP contribution in [0.2, 0.25) is 0 Å². The van der Waals surface area contributed by atoms with Gasteiger partial charge in [-0.25, -0.2) is 8.78 Å². The van der Waals surface area contributed by atoms with Crippen molar-refractivity contribution in [2.75, 3.05) is 26.7 Å². The van der Waals surface area contributed by atoms with Crippen molar-refractivity contribution in [3.63, 3.8) is 0 Å². The molecule has 1 aliphatic rings. The minimum Gasteiger partial charge on any atom is -0.310 e. The maximum atomic E-state index is 13.6. The predicted molar refractivity (Wildman–Crippen MR) is 68.4 cm³/mol. The molecule has 2 unspecified atom stereocenters. The van der Waals surface area contributed by atoms with E-state index in [4.69, 9.17) is 0 Å². The molecule has 2 nitrogen and oxygen atoms in total. The summed E-state index contributed by atoms with van der Waals surface area (Å²) in [5, 5.41) is 3.30. The number of hydrogen-bond acceptors (Lipinski definition) is 2. The number of halogens is 2. The first-order valence-corrected chi connectivity index (χ1v) is 6.43. The Morgan fingerprint density at radius 3 is 2.89 bits per heavy atom. The van der Waals surface area contributed by atoms with Gasteiger partial charge in [0.2, 0.25) is 0 Å². The number of nitrogens with one attached hydrogen (secondary N) is 1. The van der Waals surface area contributed by atoms with Gasteiger partial charge < -0.3 is 10.2 Å². The van der Waals surface area contributed by atoms with Crippen LogP contribution in [0, 0.1) is 17.6 Å². The van der Waals surface area contributed by atoms with Crippen molar-refractivity contribution in [1.29, 1.82) is 0 Å². The molecule has 4 heteroatoms. The highest BCUT2D eigenvalue weighted by molar-refractivity contribution is 5.21. The number of rotatable bonds is 4. The molecule has 0 amide bonds. The summed E-state index contributed by atoms with van der Waals surface area (Å²) in [7, 11) is 2.11. The molecule has 1 fully saturated rings. The SMILES string of the molecule is CC(NCC1CCN(C)C1)c1cc(F)ccc1F. The summed E-state index contributed by atoms with van der Waals surface area (Å²) in [5.74, 6) is -0.130. The van der Waals surface area contributed by atoms with Gasteiger partial charge in [-0.3, -0.25) is 0 Å². The molecule has 0 saturated carbocycles. The van der Waals surface area contributed by atoms with E-state index < -0.39 is 0 Å². The van der Waals surface area contributed by atoms with Crippen molar-refractivity contribution >= 4 is 0 Å². The van der Waals surface area contributed by atoms with E-state index in [1.807, 2.05) is 6.92 Å². The number of nitrogens with zero attached hydrogens (tertiary/aromatic N) is 1. The van der Waals surface area contributed by atoms with Gasteiger partial charge in [-0.05, 0) is 57.6 Å². The molecule has 0 aliphatic carbocycles. The number of benzene rings is 1. The van der Waals surface area contributed by atoms with Crippen molar-refractivity contribution in [1.82, 2.24) is 10.2 Å². The van der Waals surface area contributed by atoms with Crippen molar-refractivity contribution in [2.24, 2.45) is 5.92 Å². The molecular weight excluding hydrogens is 234 g/mol. The first-order chi connectivity index (χ1) is 8.56. The fourth-order valence-corrected chi connectivity index (χ4v) is 2.49. The van der Waals surface area contributed by atoms with E-state index in [1.165, 1.54) is 18.6 Å². The molecule has 0 radical (unpaired) electrons. The third-order valence-electron chi connectivity index (χ3n) is 3.63. The van der Waals surface area contributed by atoms with E-state index in [-0.39, 0.29) is 17.7 Å². The van der Waals surface area contributed by atoms with Crippen LogP contribution in [0.5, 0.6) is 0 Å². The second kappa shape index (κ2) is 5.76. The fraction of sp³-hybridized carbons (Fsp3) is 0.571. The summed E-state index contributed by atoms with van der Waals surface area (Å²) in [4.78, 5) is 2.29. The predicted octanol–water partition coefficient (Wildman–Crippen LogP) is 2.57. The highest BCUT2D eigenvalue weighted by atomic mass is 19.1. The van der Waals surface area contributed by atoms with Crippen LogP contribution < -0.4 is 5.32 Å². The van der Waals surface area contributed by atoms with Gasteiger partial charge in [0.1, 0.15) is 11.6 Å². The minimum atomic E-state index is -0.388. The summed E-state index contributed by atoms with van der Waals surface area (Å²) >= 11 is 0. The zero-order valence-electron chi connectivity index (χ0n) is 10.9. The Bertz CT molecular complexity index is 409. The molecule has 1 aromatic rings. The molecule has 0 bridgehead atoms. The van der Waals surface area contributed by atoms with Crippen LogP contribution in [0.25, 0.3) is 0 Å². The summed E-state index contributed by atoms with van der Waals surface area (Å²) in [6, 6.07) is 3.45. The lowest BCUT2D eigenvalue weighted by Crippen LogP contribution is -2.28. The van der Waals surface area contributed by atoms with Gasteiger partial charge >= 0.3 is 0 Å². The maximum Gasteiger partial charge on any atom is 0.128 e. The molecule has 0 aromatic heterocycles. The molecule has 100 valence electrons.